The maximum Gasteiger partial charge on any atom is 0.258 e. The Morgan fingerprint density at radius 3 is 2.54 bits per heavy atom. The zero-order valence-electron chi connectivity index (χ0n) is 15.2. The van der Waals surface area contributed by atoms with Crippen molar-refractivity contribution in [2.45, 2.75) is 31.2 Å². The normalized spacial score (nSPS) is 11.4. The average Bonchev–Trinajstić information content (AvgIpc) is 2.65. The first-order chi connectivity index (χ1) is 12.3. The van der Waals surface area contributed by atoms with Crippen LogP contribution in [0.2, 0.25) is 0 Å². The number of rotatable bonds is 8. The van der Waals surface area contributed by atoms with Gasteiger partial charge in [0.25, 0.3) is 5.91 Å². The minimum atomic E-state index is -3.50. The number of hydrogen-bond donors (Lipinski definition) is 2. The van der Waals surface area contributed by atoms with Gasteiger partial charge in [-0.15, -0.1) is 0 Å². The van der Waals surface area contributed by atoms with Gasteiger partial charge in [-0.2, -0.15) is 0 Å². The van der Waals surface area contributed by atoms with Gasteiger partial charge < -0.3 is 10.1 Å². The lowest BCUT2D eigenvalue weighted by Gasteiger charge is -2.11. The van der Waals surface area contributed by atoms with Crippen molar-refractivity contribution in [2.75, 3.05) is 13.7 Å². The molecular formula is C19H24N2O4S. The van der Waals surface area contributed by atoms with E-state index in [1.54, 1.807) is 12.1 Å². The van der Waals surface area contributed by atoms with Crippen molar-refractivity contribution in [3.8, 4) is 5.75 Å². The zero-order chi connectivity index (χ0) is 19.2. The lowest BCUT2D eigenvalue weighted by molar-refractivity contribution is -0.123. The number of carbonyl (C=O) groups excluding carboxylic acids is 1. The molecule has 26 heavy (non-hydrogen) atoms. The molecule has 6 nitrogen and oxygen atoms in total. The quantitative estimate of drug-likeness (QED) is 0.741. The average molecular weight is 376 g/mol. The molecule has 0 aromatic heterocycles. The molecular weight excluding hydrogens is 352 g/mol. The molecule has 140 valence electrons. The van der Waals surface area contributed by atoms with Crippen LogP contribution in [-0.2, 0) is 21.4 Å². The molecule has 0 aliphatic heterocycles. The van der Waals surface area contributed by atoms with Crippen LogP contribution in [0, 0.1) is 0 Å². The number of benzene rings is 2. The monoisotopic (exact) mass is 376 g/mol. The minimum Gasteiger partial charge on any atom is -0.484 e. The number of hydrogen-bond acceptors (Lipinski definition) is 4. The lowest BCUT2D eigenvalue weighted by Crippen LogP contribution is -2.28. The Bertz CT molecular complexity index is 863. The number of ether oxygens (including phenoxy) is 1. The Hall–Kier alpha value is -2.38. The molecule has 0 saturated heterocycles. The van der Waals surface area contributed by atoms with Gasteiger partial charge in [0.2, 0.25) is 10.0 Å². The molecule has 2 aromatic carbocycles. The molecule has 2 aromatic rings. The van der Waals surface area contributed by atoms with E-state index in [-0.39, 0.29) is 24.0 Å². The van der Waals surface area contributed by atoms with Crippen molar-refractivity contribution in [3.63, 3.8) is 0 Å². The predicted molar refractivity (Wildman–Crippen MR) is 101 cm³/mol. The van der Waals surface area contributed by atoms with Crippen LogP contribution in [0.25, 0.3) is 0 Å². The molecule has 0 aliphatic carbocycles. The smallest absolute Gasteiger partial charge is 0.258 e. The van der Waals surface area contributed by atoms with Gasteiger partial charge in [-0.3, -0.25) is 4.79 Å². The van der Waals surface area contributed by atoms with Crippen molar-refractivity contribution in [3.05, 3.63) is 59.7 Å². The summed E-state index contributed by atoms with van der Waals surface area (Å²) in [6.07, 6.45) is 0. The summed E-state index contributed by atoms with van der Waals surface area (Å²) < 4.78 is 31.4. The Morgan fingerprint density at radius 2 is 1.85 bits per heavy atom. The fourth-order valence-corrected chi connectivity index (χ4v) is 3.10. The van der Waals surface area contributed by atoms with E-state index in [2.05, 4.69) is 23.9 Å². The molecule has 0 bridgehead atoms. The van der Waals surface area contributed by atoms with Gasteiger partial charge in [0, 0.05) is 6.54 Å². The third kappa shape index (κ3) is 5.57. The molecule has 1 amide bonds. The molecule has 0 atom stereocenters. The van der Waals surface area contributed by atoms with E-state index in [1.165, 1.54) is 19.2 Å². The van der Waals surface area contributed by atoms with Crippen LogP contribution in [0.5, 0.6) is 5.75 Å². The first-order valence-corrected chi connectivity index (χ1v) is 9.82. The maximum absolute atomic E-state index is 12.0. The van der Waals surface area contributed by atoms with Gasteiger partial charge in [-0.25, -0.2) is 13.1 Å². The lowest BCUT2D eigenvalue weighted by atomic mass is 10.0. The third-order valence-corrected chi connectivity index (χ3v) is 5.27. The number of sulfonamides is 1. The van der Waals surface area contributed by atoms with Gasteiger partial charge >= 0.3 is 0 Å². The Kier molecular flexibility index (Phi) is 6.76. The summed E-state index contributed by atoms with van der Waals surface area (Å²) in [5.41, 5.74) is 1.84. The highest BCUT2D eigenvalue weighted by atomic mass is 32.2. The summed E-state index contributed by atoms with van der Waals surface area (Å²) >= 11 is 0. The van der Waals surface area contributed by atoms with E-state index in [1.807, 2.05) is 24.3 Å². The van der Waals surface area contributed by atoms with Gasteiger partial charge in [-0.1, -0.05) is 38.1 Å². The maximum atomic E-state index is 12.0. The van der Waals surface area contributed by atoms with Crippen LogP contribution in [0.1, 0.15) is 30.9 Å². The SMILES string of the molecule is CNS(=O)(=O)c1cccc(CNC(=O)COc2cccc(C(C)C)c2)c1. The fraction of sp³-hybridized carbons (Fsp3) is 0.316. The first-order valence-electron chi connectivity index (χ1n) is 8.34. The van der Waals surface area contributed by atoms with E-state index in [0.717, 1.165) is 5.56 Å². The van der Waals surface area contributed by atoms with Crippen molar-refractivity contribution >= 4 is 15.9 Å². The third-order valence-electron chi connectivity index (χ3n) is 3.86. The Labute approximate surface area is 154 Å². The highest BCUT2D eigenvalue weighted by molar-refractivity contribution is 7.89. The molecule has 0 aliphatic rings. The summed E-state index contributed by atoms with van der Waals surface area (Å²) in [5.74, 6) is 0.754. The molecule has 0 unspecified atom stereocenters. The molecule has 0 saturated carbocycles. The van der Waals surface area contributed by atoms with Gasteiger partial charge in [0.1, 0.15) is 5.75 Å². The highest BCUT2D eigenvalue weighted by Gasteiger charge is 2.12. The summed E-state index contributed by atoms with van der Waals surface area (Å²) in [6, 6.07) is 14.1. The van der Waals surface area contributed by atoms with Crippen molar-refractivity contribution < 1.29 is 17.9 Å². The standard InChI is InChI=1S/C19H24N2O4S/c1-14(2)16-7-5-8-17(11-16)25-13-19(22)21-12-15-6-4-9-18(10-15)26(23,24)20-3/h4-11,14,20H,12-13H2,1-3H3,(H,21,22). The van der Waals surface area contributed by atoms with Crippen LogP contribution >= 0.6 is 0 Å². The first kappa shape index (κ1) is 19.9. The minimum absolute atomic E-state index is 0.101. The van der Waals surface area contributed by atoms with Crippen LogP contribution in [0.3, 0.4) is 0 Å². The summed E-state index contributed by atoms with van der Waals surface area (Å²) in [4.78, 5) is 12.1. The second kappa shape index (κ2) is 8.82. The van der Waals surface area contributed by atoms with E-state index in [9.17, 15) is 13.2 Å². The largest absolute Gasteiger partial charge is 0.484 e. The second-order valence-electron chi connectivity index (χ2n) is 6.15. The van der Waals surface area contributed by atoms with Crippen LogP contribution in [0.4, 0.5) is 0 Å². The van der Waals surface area contributed by atoms with Crippen molar-refractivity contribution in [1.82, 2.24) is 10.0 Å². The van der Waals surface area contributed by atoms with Crippen molar-refractivity contribution in [2.24, 2.45) is 0 Å². The van der Waals surface area contributed by atoms with E-state index in [4.69, 9.17) is 4.74 Å². The van der Waals surface area contributed by atoms with E-state index in [0.29, 0.717) is 17.2 Å². The van der Waals surface area contributed by atoms with E-state index < -0.39 is 10.0 Å². The fourth-order valence-electron chi connectivity index (χ4n) is 2.30. The molecule has 0 spiro atoms. The Balaban J connectivity index is 1.89. The zero-order valence-corrected chi connectivity index (χ0v) is 16.0. The molecule has 2 N–H and O–H groups in total. The van der Waals surface area contributed by atoms with Crippen LogP contribution in [0.15, 0.2) is 53.4 Å². The molecule has 7 heteroatoms. The van der Waals surface area contributed by atoms with Crippen LogP contribution in [-0.4, -0.2) is 28.0 Å². The number of amides is 1. The molecule has 2 rings (SSSR count). The topological polar surface area (TPSA) is 84.5 Å². The van der Waals surface area contributed by atoms with Gasteiger partial charge in [0.15, 0.2) is 6.61 Å². The number of carbonyl (C=O) groups is 1. The Morgan fingerprint density at radius 1 is 1.12 bits per heavy atom. The van der Waals surface area contributed by atoms with Gasteiger partial charge in [-0.05, 0) is 48.4 Å². The summed E-state index contributed by atoms with van der Waals surface area (Å²) in [5, 5.41) is 2.72. The number of nitrogens with one attached hydrogen (secondary N) is 2. The molecule has 0 fully saturated rings. The van der Waals surface area contributed by atoms with Crippen LogP contribution < -0.4 is 14.8 Å². The molecule has 0 radical (unpaired) electrons. The highest BCUT2D eigenvalue weighted by Crippen LogP contribution is 2.20. The van der Waals surface area contributed by atoms with Crippen molar-refractivity contribution in [1.29, 1.82) is 0 Å². The van der Waals surface area contributed by atoms with Gasteiger partial charge in [0.05, 0.1) is 4.90 Å². The summed E-state index contributed by atoms with van der Waals surface area (Å²) in [7, 11) is -2.15. The second-order valence-corrected chi connectivity index (χ2v) is 8.03. The predicted octanol–water partition coefficient (Wildman–Crippen LogP) is 2.41. The van der Waals surface area contributed by atoms with E-state index >= 15 is 0 Å². The molecule has 0 heterocycles. The summed E-state index contributed by atoms with van der Waals surface area (Å²) in [6.45, 7) is 4.31.